The van der Waals surface area contributed by atoms with Gasteiger partial charge in [-0.3, -0.25) is 9.59 Å². The van der Waals surface area contributed by atoms with E-state index in [0.717, 1.165) is 16.7 Å². The molecule has 0 aliphatic heterocycles. The van der Waals surface area contributed by atoms with Crippen molar-refractivity contribution < 1.29 is 28.7 Å². The minimum absolute atomic E-state index is 0.0579. The van der Waals surface area contributed by atoms with E-state index >= 15 is 0 Å². The van der Waals surface area contributed by atoms with Crippen molar-refractivity contribution in [2.75, 3.05) is 6.54 Å². The van der Waals surface area contributed by atoms with Crippen LogP contribution in [0.2, 0.25) is 0 Å². The normalized spacial score (nSPS) is 13.8. The van der Waals surface area contributed by atoms with E-state index in [0.29, 0.717) is 12.0 Å². The maximum atomic E-state index is 14.5. The van der Waals surface area contributed by atoms with Crippen LogP contribution >= 0.6 is 0 Å². The molecule has 3 unspecified atom stereocenters. The average molecular weight is 624 g/mol. The lowest BCUT2D eigenvalue weighted by Gasteiger charge is -2.36. The van der Waals surface area contributed by atoms with Gasteiger partial charge in [-0.15, -0.1) is 0 Å². The predicted octanol–water partition coefficient (Wildman–Crippen LogP) is 6.20. The molecule has 0 heterocycles. The molecule has 248 valence electrons. The van der Waals surface area contributed by atoms with Crippen molar-refractivity contribution >= 4 is 23.9 Å². The Morgan fingerprint density at radius 1 is 0.778 bits per heavy atom. The SMILES string of the molecule is CCN(C(=O)C(CC(C)C)NC(=O)OC(C)(C)C)C(C(=O)NC(Cc1ccccc1)C(=O)OC(C)(C)C)c1c(C)cccc1C. The van der Waals surface area contributed by atoms with Gasteiger partial charge in [-0.25, -0.2) is 9.59 Å². The van der Waals surface area contributed by atoms with Crippen LogP contribution < -0.4 is 10.6 Å². The topological polar surface area (TPSA) is 114 Å². The Balaban J connectivity index is 2.60. The zero-order valence-electron chi connectivity index (χ0n) is 28.9. The van der Waals surface area contributed by atoms with Gasteiger partial charge in [0.05, 0.1) is 0 Å². The van der Waals surface area contributed by atoms with Crippen LogP contribution in [-0.2, 0) is 30.3 Å². The summed E-state index contributed by atoms with van der Waals surface area (Å²) in [6.07, 6.45) is -0.167. The molecule has 2 N–H and O–H groups in total. The van der Waals surface area contributed by atoms with Gasteiger partial charge < -0.3 is 25.0 Å². The fourth-order valence-corrected chi connectivity index (χ4v) is 5.16. The monoisotopic (exact) mass is 623 g/mol. The molecule has 0 fully saturated rings. The van der Waals surface area contributed by atoms with E-state index in [-0.39, 0.29) is 18.9 Å². The molecule has 0 saturated carbocycles. The first-order valence-corrected chi connectivity index (χ1v) is 15.8. The van der Waals surface area contributed by atoms with Gasteiger partial charge in [0.1, 0.15) is 29.3 Å². The van der Waals surface area contributed by atoms with E-state index < -0.39 is 53.2 Å². The molecular weight excluding hydrogens is 570 g/mol. The van der Waals surface area contributed by atoms with E-state index in [1.54, 1.807) is 48.5 Å². The number of hydrogen-bond donors (Lipinski definition) is 2. The summed E-state index contributed by atoms with van der Waals surface area (Å²) in [5.41, 5.74) is 1.62. The summed E-state index contributed by atoms with van der Waals surface area (Å²) in [5, 5.41) is 5.70. The molecule has 2 aromatic carbocycles. The molecule has 3 atom stereocenters. The lowest BCUT2D eigenvalue weighted by molar-refractivity contribution is -0.159. The number of aryl methyl sites for hydroxylation is 2. The fourth-order valence-electron chi connectivity index (χ4n) is 5.16. The molecule has 0 bridgehead atoms. The van der Waals surface area contributed by atoms with Crippen molar-refractivity contribution in [3.63, 3.8) is 0 Å². The Bertz CT molecular complexity index is 1290. The van der Waals surface area contributed by atoms with E-state index in [4.69, 9.17) is 9.47 Å². The molecule has 3 amide bonds. The van der Waals surface area contributed by atoms with Crippen LogP contribution in [0, 0.1) is 19.8 Å². The van der Waals surface area contributed by atoms with Crippen LogP contribution in [0.5, 0.6) is 0 Å². The number of amides is 3. The van der Waals surface area contributed by atoms with Crippen molar-refractivity contribution in [2.24, 2.45) is 5.92 Å². The van der Waals surface area contributed by atoms with Crippen molar-refractivity contribution in [1.82, 2.24) is 15.5 Å². The zero-order chi connectivity index (χ0) is 34.1. The first-order chi connectivity index (χ1) is 20.8. The van der Waals surface area contributed by atoms with Crippen molar-refractivity contribution in [3.05, 3.63) is 70.8 Å². The second-order valence-corrected chi connectivity index (χ2v) is 13.9. The molecule has 45 heavy (non-hydrogen) atoms. The minimum atomic E-state index is -1.08. The Morgan fingerprint density at radius 3 is 1.82 bits per heavy atom. The van der Waals surface area contributed by atoms with Gasteiger partial charge in [-0.05, 0) is 96.9 Å². The number of nitrogens with one attached hydrogen (secondary N) is 2. The molecule has 0 aliphatic carbocycles. The summed E-state index contributed by atoms with van der Waals surface area (Å²) >= 11 is 0. The molecule has 0 aromatic heterocycles. The van der Waals surface area contributed by atoms with Crippen LogP contribution in [-0.4, -0.2) is 58.6 Å². The summed E-state index contributed by atoms with van der Waals surface area (Å²) in [4.78, 5) is 56.5. The highest BCUT2D eigenvalue weighted by Gasteiger charge is 2.39. The predicted molar refractivity (Wildman–Crippen MR) is 177 cm³/mol. The van der Waals surface area contributed by atoms with Gasteiger partial charge in [0.2, 0.25) is 11.8 Å². The largest absolute Gasteiger partial charge is 0.458 e. The number of carbonyl (C=O) groups is 4. The van der Waals surface area contributed by atoms with Crippen LogP contribution in [0.15, 0.2) is 48.5 Å². The average Bonchev–Trinajstić information content (AvgIpc) is 2.89. The third-order valence-electron chi connectivity index (χ3n) is 6.99. The van der Waals surface area contributed by atoms with E-state index in [1.165, 1.54) is 4.90 Å². The Morgan fingerprint density at radius 2 is 1.33 bits per heavy atom. The number of likely N-dealkylation sites (N-methyl/N-ethyl adjacent to an activating group) is 1. The van der Waals surface area contributed by atoms with Crippen molar-refractivity contribution in [1.29, 1.82) is 0 Å². The maximum absolute atomic E-state index is 14.5. The highest BCUT2D eigenvalue weighted by atomic mass is 16.6. The molecule has 9 heteroatoms. The number of esters is 1. The van der Waals surface area contributed by atoms with Crippen LogP contribution in [0.25, 0.3) is 0 Å². The minimum Gasteiger partial charge on any atom is -0.458 e. The number of carbonyl (C=O) groups excluding carboxylic acids is 4. The van der Waals surface area contributed by atoms with Gasteiger partial charge in [0.15, 0.2) is 0 Å². The summed E-state index contributed by atoms with van der Waals surface area (Å²) < 4.78 is 11.2. The highest BCUT2D eigenvalue weighted by Crippen LogP contribution is 2.29. The molecule has 0 spiro atoms. The highest BCUT2D eigenvalue weighted by molar-refractivity contribution is 5.94. The fraction of sp³-hybridized carbons (Fsp3) is 0.556. The zero-order valence-corrected chi connectivity index (χ0v) is 28.9. The molecule has 2 rings (SSSR count). The second kappa shape index (κ2) is 15.9. The van der Waals surface area contributed by atoms with Crippen molar-refractivity contribution in [3.8, 4) is 0 Å². The molecule has 0 saturated heterocycles. The lowest BCUT2D eigenvalue weighted by atomic mass is 9.92. The maximum Gasteiger partial charge on any atom is 0.408 e. The summed E-state index contributed by atoms with van der Waals surface area (Å²) in [6.45, 7) is 20.2. The number of alkyl carbamates (subject to hydrolysis) is 1. The standard InChI is InChI=1S/C36H53N3O6/c1-12-39(32(41)27(21-23(2)3)38-34(43)45-36(9,10)11)30(29-24(4)17-16-18-25(29)5)31(40)37-28(33(42)44-35(6,7)8)22-26-19-14-13-15-20-26/h13-20,23,27-28,30H,12,21-22H2,1-11H3,(H,37,40)(H,38,43). The van der Waals surface area contributed by atoms with Gasteiger partial charge in [0, 0.05) is 13.0 Å². The summed E-state index contributed by atoms with van der Waals surface area (Å²) in [7, 11) is 0. The Labute approximate surface area is 269 Å². The van der Waals surface area contributed by atoms with E-state index in [2.05, 4.69) is 10.6 Å². The van der Waals surface area contributed by atoms with E-state index in [1.807, 2.05) is 76.2 Å². The molecular formula is C36H53N3O6. The van der Waals surface area contributed by atoms with Crippen molar-refractivity contribution in [2.45, 2.75) is 118 Å². The third-order valence-corrected chi connectivity index (χ3v) is 6.99. The Kier molecular flexibility index (Phi) is 13.2. The number of hydrogen-bond acceptors (Lipinski definition) is 6. The molecule has 0 radical (unpaired) electrons. The van der Waals surface area contributed by atoms with Gasteiger partial charge in [0.25, 0.3) is 0 Å². The second-order valence-electron chi connectivity index (χ2n) is 13.9. The number of rotatable bonds is 12. The summed E-state index contributed by atoms with van der Waals surface area (Å²) in [5.74, 6) is -1.45. The van der Waals surface area contributed by atoms with Crippen LogP contribution in [0.3, 0.4) is 0 Å². The van der Waals surface area contributed by atoms with Crippen LogP contribution in [0.4, 0.5) is 4.79 Å². The third kappa shape index (κ3) is 11.9. The van der Waals surface area contributed by atoms with Gasteiger partial charge in [-0.1, -0.05) is 62.4 Å². The van der Waals surface area contributed by atoms with Gasteiger partial charge in [-0.2, -0.15) is 0 Å². The van der Waals surface area contributed by atoms with Gasteiger partial charge >= 0.3 is 12.1 Å². The quantitative estimate of drug-likeness (QED) is 0.272. The molecule has 2 aromatic rings. The number of nitrogens with zero attached hydrogens (tertiary/aromatic N) is 1. The lowest BCUT2D eigenvalue weighted by Crippen LogP contribution is -2.55. The first-order valence-electron chi connectivity index (χ1n) is 15.8. The molecule has 9 nitrogen and oxygen atoms in total. The number of benzene rings is 2. The van der Waals surface area contributed by atoms with E-state index in [9.17, 15) is 19.2 Å². The number of ether oxygens (including phenoxy) is 2. The Hall–Kier alpha value is -3.88. The smallest absolute Gasteiger partial charge is 0.408 e. The summed E-state index contributed by atoms with van der Waals surface area (Å²) in [6, 6.07) is 12.0. The first kappa shape index (κ1) is 37.3. The molecule has 0 aliphatic rings. The van der Waals surface area contributed by atoms with Crippen LogP contribution in [0.1, 0.15) is 97.0 Å².